The van der Waals surface area contributed by atoms with E-state index < -0.39 is 23.6 Å². The molecule has 4 atom stereocenters. The van der Waals surface area contributed by atoms with E-state index >= 15 is 0 Å². The van der Waals surface area contributed by atoms with Crippen LogP contribution in [0, 0.1) is 11.8 Å². The quantitative estimate of drug-likeness (QED) is 0.145. The summed E-state index contributed by atoms with van der Waals surface area (Å²) in [6.07, 6.45) is 9.97. The standard InChI is InChI=1S/C16H28O4.C15H26O4.CH4/c1-12(7-6-8-13(2)11-17)9-10-16(5,14(3)18)20-15(4)19;1-11(6-5-7-12(2)10-16)8-9-15(13(3)17)19-14(4)18;/h9,13,17H,6-8,10-11H2,1-5H3;8,12,15-16H,5-7,9-10H2,1-4H3;1H4/b12-9-;11-8-;/t13-,16?;12-,15?;/m00./s1. The van der Waals surface area contributed by atoms with Gasteiger partial charge in [0.2, 0.25) is 0 Å². The lowest BCUT2D eigenvalue weighted by Crippen LogP contribution is -2.37. The Bertz CT molecular complexity index is 814. The number of carbonyl (C=O) groups is 4. The SMILES string of the molecule is C.CC(=O)OC(C)(C/C=C(/C)CCC[C@H](C)CO)C(C)=O.CC(=O)OC(C/C=C(/C)CCC[C@H](C)CO)C(C)=O. The van der Waals surface area contributed by atoms with Gasteiger partial charge in [-0.25, -0.2) is 0 Å². The van der Waals surface area contributed by atoms with Crippen LogP contribution in [-0.4, -0.2) is 58.6 Å². The molecule has 0 aliphatic carbocycles. The number of rotatable bonds is 18. The summed E-state index contributed by atoms with van der Waals surface area (Å²) in [5.41, 5.74) is 1.30. The van der Waals surface area contributed by atoms with Crippen molar-refractivity contribution in [3.8, 4) is 0 Å². The van der Waals surface area contributed by atoms with Crippen molar-refractivity contribution in [2.75, 3.05) is 13.2 Å². The maximum atomic E-state index is 11.6. The van der Waals surface area contributed by atoms with E-state index in [1.54, 1.807) is 6.92 Å². The molecule has 0 aliphatic rings. The summed E-state index contributed by atoms with van der Waals surface area (Å²) in [4.78, 5) is 44.9. The van der Waals surface area contributed by atoms with Crippen LogP contribution in [0.1, 0.15) is 121 Å². The van der Waals surface area contributed by atoms with Crippen LogP contribution in [0.4, 0.5) is 0 Å². The van der Waals surface area contributed by atoms with E-state index in [-0.39, 0.29) is 32.2 Å². The zero-order valence-corrected chi connectivity index (χ0v) is 25.8. The number of Topliss-reactive ketones (excluding diaryl/α,β-unsaturated/α-hetero) is 2. The van der Waals surface area contributed by atoms with Crippen LogP contribution in [0.15, 0.2) is 23.3 Å². The van der Waals surface area contributed by atoms with E-state index in [0.717, 1.165) is 38.5 Å². The highest BCUT2D eigenvalue weighted by molar-refractivity contribution is 5.87. The summed E-state index contributed by atoms with van der Waals surface area (Å²) < 4.78 is 10.1. The molecule has 2 unspecified atom stereocenters. The molecule has 8 heteroatoms. The lowest BCUT2D eigenvalue weighted by Gasteiger charge is -2.25. The molecule has 0 saturated heterocycles. The topological polar surface area (TPSA) is 127 Å². The average molecular weight is 571 g/mol. The second-order valence-corrected chi connectivity index (χ2v) is 11.0. The molecule has 234 valence electrons. The molecule has 0 amide bonds. The summed E-state index contributed by atoms with van der Waals surface area (Å²) in [5.74, 6) is -0.488. The maximum Gasteiger partial charge on any atom is 0.303 e. The van der Waals surface area contributed by atoms with E-state index in [2.05, 4.69) is 0 Å². The van der Waals surface area contributed by atoms with Crippen molar-refractivity contribution >= 4 is 23.5 Å². The van der Waals surface area contributed by atoms with Crippen LogP contribution >= 0.6 is 0 Å². The highest BCUT2D eigenvalue weighted by Gasteiger charge is 2.32. The fraction of sp³-hybridized carbons (Fsp3) is 0.750. The summed E-state index contributed by atoms with van der Waals surface area (Å²) in [6, 6.07) is 0. The Hall–Kier alpha value is -2.32. The van der Waals surface area contributed by atoms with Crippen molar-refractivity contribution in [3.63, 3.8) is 0 Å². The van der Waals surface area contributed by atoms with E-state index in [1.165, 1.54) is 38.8 Å². The van der Waals surface area contributed by atoms with Gasteiger partial charge in [-0.1, -0.05) is 44.6 Å². The molecule has 0 heterocycles. The minimum atomic E-state index is -1.06. The van der Waals surface area contributed by atoms with Gasteiger partial charge >= 0.3 is 11.9 Å². The third-order valence-corrected chi connectivity index (χ3v) is 6.56. The highest BCUT2D eigenvalue weighted by atomic mass is 16.6. The third-order valence-electron chi connectivity index (χ3n) is 6.56. The van der Waals surface area contributed by atoms with Crippen molar-refractivity contribution in [1.29, 1.82) is 0 Å². The number of hydrogen-bond donors (Lipinski definition) is 2. The first-order valence-electron chi connectivity index (χ1n) is 14.0. The van der Waals surface area contributed by atoms with Gasteiger partial charge in [0.1, 0.15) is 0 Å². The number of esters is 2. The van der Waals surface area contributed by atoms with Crippen LogP contribution in [0.2, 0.25) is 0 Å². The second-order valence-electron chi connectivity index (χ2n) is 11.0. The van der Waals surface area contributed by atoms with Crippen LogP contribution in [-0.2, 0) is 28.7 Å². The van der Waals surface area contributed by atoms with Gasteiger partial charge in [-0.2, -0.15) is 0 Å². The van der Waals surface area contributed by atoms with Gasteiger partial charge in [-0.15, -0.1) is 0 Å². The predicted molar refractivity (Wildman–Crippen MR) is 161 cm³/mol. The number of ketones is 2. The highest BCUT2D eigenvalue weighted by Crippen LogP contribution is 2.21. The Morgan fingerprint density at radius 2 is 1.23 bits per heavy atom. The normalized spacial score (nSPS) is 15.3. The van der Waals surface area contributed by atoms with Gasteiger partial charge in [0.05, 0.1) is 0 Å². The fourth-order valence-electron chi connectivity index (χ4n) is 3.59. The van der Waals surface area contributed by atoms with Crippen LogP contribution in [0.25, 0.3) is 0 Å². The Morgan fingerprint density at radius 1 is 0.775 bits per heavy atom. The fourth-order valence-corrected chi connectivity index (χ4v) is 3.59. The van der Waals surface area contributed by atoms with Crippen molar-refractivity contribution in [2.45, 2.75) is 133 Å². The third kappa shape index (κ3) is 22.5. The van der Waals surface area contributed by atoms with Crippen molar-refractivity contribution in [1.82, 2.24) is 0 Å². The first-order chi connectivity index (χ1) is 18.1. The van der Waals surface area contributed by atoms with E-state index in [4.69, 9.17) is 19.7 Å². The monoisotopic (exact) mass is 570 g/mol. The summed E-state index contributed by atoms with van der Waals surface area (Å²) >= 11 is 0. The number of ether oxygens (including phenoxy) is 2. The van der Waals surface area contributed by atoms with Crippen LogP contribution in [0.5, 0.6) is 0 Å². The molecule has 2 N–H and O–H groups in total. The molecule has 0 fully saturated rings. The molecule has 0 aromatic carbocycles. The second kappa shape index (κ2) is 23.4. The van der Waals surface area contributed by atoms with Crippen LogP contribution < -0.4 is 0 Å². The van der Waals surface area contributed by atoms with Crippen molar-refractivity contribution in [3.05, 3.63) is 23.3 Å². The molecule has 0 aromatic rings. The van der Waals surface area contributed by atoms with Crippen LogP contribution in [0.3, 0.4) is 0 Å². The lowest BCUT2D eigenvalue weighted by molar-refractivity contribution is -0.162. The van der Waals surface area contributed by atoms with Gasteiger partial charge in [-0.3, -0.25) is 19.2 Å². The number of hydrogen-bond acceptors (Lipinski definition) is 8. The Kier molecular flexibility index (Phi) is 24.6. The summed E-state index contributed by atoms with van der Waals surface area (Å²) in [6.45, 7) is 15.6. The Balaban J connectivity index is -0.000000669. The van der Waals surface area contributed by atoms with E-state index in [0.29, 0.717) is 24.7 Å². The van der Waals surface area contributed by atoms with Gasteiger partial charge in [0, 0.05) is 39.9 Å². The molecule has 0 spiro atoms. The molecule has 0 aliphatic heterocycles. The number of aliphatic hydroxyl groups is 2. The van der Waals surface area contributed by atoms with E-state index in [9.17, 15) is 19.2 Å². The predicted octanol–water partition coefficient (Wildman–Crippen LogP) is 6.31. The molecular weight excluding hydrogens is 512 g/mol. The Labute approximate surface area is 243 Å². The van der Waals surface area contributed by atoms with E-state index in [1.807, 2.05) is 39.8 Å². The molecule has 8 nitrogen and oxygen atoms in total. The summed E-state index contributed by atoms with van der Waals surface area (Å²) in [7, 11) is 0. The number of carbonyl (C=O) groups excluding carboxylic acids is 4. The number of aliphatic hydroxyl groups excluding tert-OH is 2. The Morgan fingerprint density at radius 3 is 1.57 bits per heavy atom. The number of allylic oxidation sites excluding steroid dienone is 2. The van der Waals surface area contributed by atoms with Gasteiger partial charge in [0.15, 0.2) is 23.3 Å². The molecule has 0 rings (SSSR count). The molecule has 0 aromatic heterocycles. The molecule has 0 bridgehead atoms. The molecule has 40 heavy (non-hydrogen) atoms. The smallest absolute Gasteiger partial charge is 0.303 e. The van der Waals surface area contributed by atoms with Gasteiger partial charge < -0.3 is 19.7 Å². The maximum absolute atomic E-state index is 11.6. The molecule has 0 radical (unpaired) electrons. The minimum absolute atomic E-state index is 0. The largest absolute Gasteiger partial charge is 0.454 e. The first kappa shape index (κ1) is 42.2. The first-order valence-corrected chi connectivity index (χ1v) is 14.0. The van der Waals surface area contributed by atoms with Gasteiger partial charge in [-0.05, 0) is 85.0 Å². The minimum Gasteiger partial charge on any atom is -0.454 e. The molecular formula is C32H58O8. The van der Waals surface area contributed by atoms with Gasteiger partial charge in [0.25, 0.3) is 0 Å². The zero-order valence-electron chi connectivity index (χ0n) is 25.8. The summed E-state index contributed by atoms with van der Waals surface area (Å²) in [5, 5.41) is 17.9. The lowest BCUT2D eigenvalue weighted by atomic mass is 9.94. The average Bonchev–Trinajstić information content (AvgIpc) is 2.84. The van der Waals surface area contributed by atoms with Crippen molar-refractivity contribution in [2.24, 2.45) is 11.8 Å². The van der Waals surface area contributed by atoms with Crippen molar-refractivity contribution < 1.29 is 38.9 Å². The zero-order chi connectivity index (χ0) is 30.6. The molecule has 0 saturated carbocycles.